The van der Waals surface area contributed by atoms with E-state index in [0.29, 0.717) is 16.6 Å². The van der Waals surface area contributed by atoms with Gasteiger partial charge in [0.1, 0.15) is 41.0 Å². The Hall–Kier alpha value is -5.48. The summed E-state index contributed by atoms with van der Waals surface area (Å²) in [6, 6.07) is 2.90. The van der Waals surface area contributed by atoms with Crippen molar-refractivity contribution in [2.45, 2.75) is 105 Å². The van der Waals surface area contributed by atoms with Crippen LogP contribution in [0.5, 0.6) is 5.88 Å². The van der Waals surface area contributed by atoms with E-state index in [1.165, 1.54) is 34.3 Å². The Morgan fingerprint density at radius 2 is 1.49 bits per heavy atom. The highest BCUT2D eigenvalue weighted by Gasteiger charge is 2.36. The number of anilines is 3. The van der Waals surface area contributed by atoms with Gasteiger partial charge < -0.3 is 28.6 Å². The molecule has 1 saturated heterocycles. The summed E-state index contributed by atoms with van der Waals surface area (Å²) >= 11 is 0. The summed E-state index contributed by atoms with van der Waals surface area (Å²) in [6.07, 6.45) is -3.37. The molecule has 15 nitrogen and oxygen atoms in total. The minimum Gasteiger partial charge on any atom is -0.474 e. The number of ether oxygens (including phenoxy) is 5. The molecule has 2 N–H and O–H groups in total. The summed E-state index contributed by atoms with van der Waals surface area (Å²) < 4.78 is 59.3. The van der Waals surface area contributed by atoms with Gasteiger partial charge in [-0.1, -0.05) is 0 Å². The van der Waals surface area contributed by atoms with Gasteiger partial charge in [-0.05, 0) is 92.3 Å². The molecule has 55 heavy (non-hydrogen) atoms. The van der Waals surface area contributed by atoms with Gasteiger partial charge in [0, 0.05) is 41.9 Å². The average molecular weight is 771 g/mol. The second kappa shape index (κ2) is 15.3. The third-order valence-corrected chi connectivity index (χ3v) is 8.21. The number of likely N-dealkylation sites (tertiary alicyclic amines) is 1. The summed E-state index contributed by atoms with van der Waals surface area (Å²) in [5.41, 5.74) is -1.74. The molecule has 0 bridgehead atoms. The fraction of sp³-hybridized carbons (Fsp3) is 0.526. The first-order valence-corrected chi connectivity index (χ1v) is 17.8. The Kier molecular flexibility index (Phi) is 11.3. The standard InChI is InChI=1S/C38H48F2N6O9/c1-20-23(17-42-31-30(20)46(13-14-51-31)35(50)55-38(8,9)10)22-15-21-16-27(41-18-24(21)29(28(22)40)44-33(48)53-36(2,3)4)43-32(47)52-26-11-12-45(19-25(26)39)34(49)54-37(5,6)7/h15-18,25-26H,11-14,19H2,1-10H3,(H,44,48)(H,41,43,47)/t25-,26+/m1/s1. The normalized spacial score (nSPS) is 17.5. The number of alkyl halides is 1. The van der Waals surface area contributed by atoms with Crippen LogP contribution >= 0.6 is 0 Å². The summed E-state index contributed by atoms with van der Waals surface area (Å²) in [5.74, 6) is -0.714. The second-order valence-corrected chi connectivity index (χ2v) is 16.3. The van der Waals surface area contributed by atoms with Gasteiger partial charge in [0.25, 0.3) is 0 Å². The first kappa shape index (κ1) is 40.7. The molecule has 2 atom stereocenters. The van der Waals surface area contributed by atoms with Crippen molar-refractivity contribution in [3.8, 4) is 17.0 Å². The number of piperidine rings is 1. The Balaban J connectivity index is 1.47. The quantitative estimate of drug-likeness (QED) is 0.246. The van der Waals surface area contributed by atoms with Gasteiger partial charge in [0.15, 0.2) is 12.0 Å². The van der Waals surface area contributed by atoms with Crippen molar-refractivity contribution in [2.24, 2.45) is 0 Å². The van der Waals surface area contributed by atoms with Gasteiger partial charge in [-0.25, -0.2) is 37.9 Å². The molecule has 298 valence electrons. The largest absolute Gasteiger partial charge is 0.474 e. The molecule has 4 amide bonds. The molecule has 5 rings (SSSR count). The van der Waals surface area contributed by atoms with Crippen molar-refractivity contribution in [1.82, 2.24) is 14.9 Å². The third-order valence-electron chi connectivity index (χ3n) is 8.21. The lowest BCUT2D eigenvalue weighted by molar-refractivity contribution is -0.0213. The van der Waals surface area contributed by atoms with E-state index >= 15 is 8.78 Å². The highest BCUT2D eigenvalue weighted by Crippen LogP contribution is 2.42. The number of nitrogens with one attached hydrogen (secondary N) is 2. The van der Waals surface area contributed by atoms with Crippen LogP contribution in [0.4, 0.5) is 45.2 Å². The number of rotatable bonds is 4. The lowest BCUT2D eigenvalue weighted by Gasteiger charge is -2.35. The maximum atomic E-state index is 16.7. The molecule has 2 aliphatic rings. The number of aromatic nitrogens is 2. The van der Waals surface area contributed by atoms with Crippen LogP contribution in [0.3, 0.4) is 0 Å². The van der Waals surface area contributed by atoms with Gasteiger partial charge in [-0.3, -0.25) is 15.5 Å². The molecule has 0 unspecified atom stereocenters. The third kappa shape index (κ3) is 9.99. The number of halogens is 2. The Morgan fingerprint density at radius 3 is 2.13 bits per heavy atom. The fourth-order valence-corrected chi connectivity index (χ4v) is 5.95. The molecule has 0 saturated carbocycles. The molecule has 0 radical (unpaired) electrons. The predicted octanol–water partition coefficient (Wildman–Crippen LogP) is 8.12. The molecule has 1 fully saturated rings. The Bertz CT molecular complexity index is 1990. The molecule has 17 heteroatoms. The number of amides is 4. The van der Waals surface area contributed by atoms with E-state index in [4.69, 9.17) is 23.7 Å². The van der Waals surface area contributed by atoms with Crippen LogP contribution in [0.2, 0.25) is 0 Å². The molecular weight excluding hydrogens is 722 g/mol. The van der Waals surface area contributed by atoms with Crippen LogP contribution in [-0.2, 0) is 18.9 Å². The number of carbonyl (C=O) groups is 4. The number of benzene rings is 1. The molecule has 0 aliphatic carbocycles. The molecule has 3 aromatic rings. The maximum absolute atomic E-state index is 16.7. The molecule has 2 aromatic heterocycles. The van der Waals surface area contributed by atoms with Crippen molar-refractivity contribution in [1.29, 1.82) is 0 Å². The lowest BCUT2D eigenvalue weighted by Crippen LogP contribution is -2.50. The van der Waals surface area contributed by atoms with Crippen LogP contribution in [-0.4, -0.2) is 94.6 Å². The fourth-order valence-electron chi connectivity index (χ4n) is 5.95. The molecule has 4 heterocycles. The lowest BCUT2D eigenvalue weighted by atomic mass is 9.96. The topological polar surface area (TPSA) is 171 Å². The Morgan fingerprint density at radius 1 is 0.836 bits per heavy atom. The summed E-state index contributed by atoms with van der Waals surface area (Å²) in [4.78, 5) is 62.8. The minimum atomic E-state index is -1.67. The van der Waals surface area contributed by atoms with Crippen molar-refractivity contribution < 1.29 is 51.6 Å². The zero-order valence-electron chi connectivity index (χ0n) is 32.7. The van der Waals surface area contributed by atoms with Gasteiger partial charge in [-0.15, -0.1) is 0 Å². The summed E-state index contributed by atoms with van der Waals surface area (Å²) in [6.45, 7) is 17.1. The Labute approximate surface area is 318 Å². The van der Waals surface area contributed by atoms with Gasteiger partial charge in [0.2, 0.25) is 5.88 Å². The minimum absolute atomic E-state index is 0.0159. The van der Waals surface area contributed by atoms with Gasteiger partial charge >= 0.3 is 24.4 Å². The van der Waals surface area contributed by atoms with E-state index in [0.717, 1.165) is 0 Å². The van der Waals surface area contributed by atoms with Crippen LogP contribution in [0, 0.1) is 12.7 Å². The highest BCUT2D eigenvalue weighted by molar-refractivity contribution is 6.05. The summed E-state index contributed by atoms with van der Waals surface area (Å²) in [5, 5.41) is 5.46. The van der Waals surface area contributed by atoms with Gasteiger partial charge in [-0.2, -0.15) is 0 Å². The second-order valence-electron chi connectivity index (χ2n) is 16.3. The zero-order chi connectivity index (χ0) is 40.6. The summed E-state index contributed by atoms with van der Waals surface area (Å²) in [7, 11) is 0. The van der Waals surface area contributed by atoms with E-state index in [1.54, 1.807) is 69.2 Å². The number of carbonyl (C=O) groups excluding carboxylic acids is 4. The molecule has 2 aliphatic heterocycles. The molecular formula is C38H48F2N6O9. The molecule has 1 aromatic carbocycles. The maximum Gasteiger partial charge on any atom is 0.415 e. The van der Waals surface area contributed by atoms with Crippen molar-refractivity contribution in [3.05, 3.63) is 35.9 Å². The first-order valence-electron chi connectivity index (χ1n) is 17.8. The van der Waals surface area contributed by atoms with Crippen molar-refractivity contribution in [2.75, 3.05) is 41.8 Å². The average Bonchev–Trinajstić information content (AvgIpc) is 3.04. The van der Waals surface area contributed by atoms with Crippen LogP contribution in [0.25, 0.3) is 21.9 Å². The van der Waals surface area contributed by atoms with E-state index in [2.05, 4.69) is 20.6 Å². The smallest absolute Gasteiger partial charge is 0.415 e. The number of pyridine rings is 2. The molecule has 0 spiro atoms. The number of nitrogens with zero attached hydrogens (tertiary/aromatic N) is 4. The van der Waals surface area contributed by atoms with Crippen molar-refractivity contribution >= 4 is 52.3 Å². The van der Waals surface area contributed by atoms with E-state index in [-0.39, 0.29) is 66.6 Å². The predicted molar refractivity (Wildman–Crippen MR) is 200 cm³/mol. The number of fused-ring (bicyclic) bond motifs is 2. The van der Waals surface area contributed by atoms with Crippen molar-refractivity contribution in [3.63, 3.8) is 0 Å². The van der Waals surface area contributed by atoms with E-state index in [9.17, 15) is 19.2 Å². The van der Waals surface area contributed by atoms with E-state index < -0.39 is 59.3 Å². The number of hydrogen-bond donors (Lipinski definition) is 2. The first-order chi connectivity index (χ1) is 25.5. The van der Waals surface area contributed by atoms with Crippen LogP contribution in [0.15, 0.2) is 24.5 Å². The monoisotopic (exact) mass is 770 g/mol. The van der Waals surface area contributed by atoms with Gasteiger partial charge in [0.05, 0.1) is 18.8 Å². The van der Waals surface area contributed by atoms with Crippen LogP contribution < -0.4 is 20.3 Å². The number of hydrogen-bond acceptors (Lipinski definition) is 11. The SMILES string of the molecule is Cc1c(-c2cc3cc(NC(=O)O[C@H]4CCN(C(=O)OC(C)(C)C)C[C@H]4F)ncc3c(NC(=O)OC(C)(C)C)c2F)cnc2c1N(C(=O)OC(C)(C)C)CCO2. The highest BCUT2D eigenvalue weighted by atomic mass is 19.1. The van der Waals surface area contributed by atoms with Crippen LogP contribution in [0.1, 0.15) is 74.3 Å². The zero-order valence-corrected chi connectivity index (χ0v) is 32.7. The van der Waals surface area contributed by atoms with E-state index in [1.807, 2.05) is 0 Å².